The third-order valence-electron chi connectivity index (χ3n) is 4.97. The molecule has 1 aromatic heterocycles. The molecule has 0 spiro atoms. The number of aliphatic hydroxyl groups is 1. The minimum absolute atomic E-state index is 0.258. The van der Waals surface area contributed by atoms with Crippen LogP contribution in [-0.2, 0) is 27.3 Å². The lowest BCUT2D eigenvalue weighted by Crippen LogP contribution is -2.37. The van der Waals surface area contributed by atoms with Crippen molar-refractivity contribution in [3.8, 4) is 0 Å². The summed E-state index contributed by atoms with van der Waals surface area (Å²) in [6, 6.07) is 1.62. The summed E-state index contributed by atoms with van der Waals surface area (Å²) in [5.41, 5.74) is 9.48. The number of carbonyl (C=O) groups is 3. The smallest absolute Gasteiger partial charge is 0.322 e. The lowest BCUT2D eigenvalue weighted by molar-refractivity contribution is -0.137. The van der Waals surface area contributed by atoms with Crippen LogP contribution in [0.4, 0.5) is 0 Å². The molecule has 2 heterocycles. The highest BCUT2D eigenvalue weighted by Crippen LogP contribution is 2.39. The fourth-order valence-electron chi connectivity index (χ4n) is 3.47. The Hall–Kier alpha value is -3.08. The van der Waals surface area contributed by atoms with E-state index >= 15 is 0 Å². The van der Waals surface area contributed by atoms with Crippen molar-refractivity contribution in [2.24, 2.45) is 10.7 Å². The Labute approximate surface area is 192 Å². The van der Waals surface area contributed by atoms with Crippen molar-refractivity contribution in [1.82, 2.24) is 15.2 Å². The maximum absolute atomic E-state index is 12.0. The first-order valence-electron chi connectivity index (χ1n) is 9.57. The molecule has 0 radical (unpaired) electrons. The number of aliphatic carboxylic acids is 1. The molecule has 2 amide bonds. The molecule has 0 fully saturated rings. The number of H-pyrrole nitrogens is 1. The van der Waals surface area contributed by atoms with E-state index in [0.29, 0.717) is 40.2 Å². The number of carboxylic acids is 1. The van der Waals surface area contributed by atoms with Crippen LogP contribution in [0.2, 0.25) is 10.0 Å². The second-order valence-electron chi connectivity index (χ2n) is 7.06. The molecule has 1 aromatic carbocycles. The van der Waals surface area contributed by atoms with Gasteiger partial charge in [-0.3, -0.25) is 19.4 Å². The van der Waals surface area contributed by atoms with Gasteiger partial charge in [-0.25, -0.2) is 0 Å². The van der Waals surface area contributed by atoms with Gasteiger partial charge in [0.1, 0.15) is 19.7 Å². The van der Waals surface area contributed by atoms with E-state index in [0.717, 1.165) is 11.3 Å². The third kappa shape index (κ3) is 5.04. The van der Waals surface area contributed by atoms with Gasteiger partial charge in [-0.15, -0.1) is 0 Å². The number of nitrogens with one attached hydrogen (secondary N) is 2. The van der Waals surface area contributed by atoms with Gasteiger partial charge in [0.25, 0.3) is 0 Å². The van der Waals surface area contributed by atoms with Crippen LogP contribution in [0.1, 0.15) is 16.8 Å². The number of carboxylic acid groups (broad SMARTS) is 1. The first-order chi connectivity index (χ1) is 15.2. The molecule has 0 aliphatic carbocycles. The van der Waals surface area contributed by atoms with Crippen LogP contribution in [-0.4, -0.2) is 70.3 Å². The van der Waals surface area contributed by atoms with Crippen molar-refractivity contribution in [1.29, 1.82) is 0 Å². The standard InChI is InChI=1S/C20H21Cl2N5O5/c21-12-5-10(13(23)1-3-24-6-15(29)25-7-17(31)32)18-11-8-27(16(30)9-28)4-2-14(11)26-20(18)19(12)22/h1,3,5,26,28H,2,4,6-9,23H2,(H,25,29)(H,31,32)/b13-1-,24-3?. The predicted octanol–water partition coefficient (Wildman–Crippen LogP) is 0.923. The van der Waals surface area contributed by atoms with E-state index in [1.807, 2.05) is 0 Å². The normalized spacial score (nSPS) is 14.1. The molecule has 0 saturated heterocycles. The topological polar surface area (TPSA) is 161 Å². The Balaban J connectivity index is 1.91. The average Bonchev–Trinajstić information content (AvgIpc) is 3.16. The van der Waals surface area contributed by atoms with Crippen LogP contribution >= 0.6 is 23.2 Å². The summed E-state index contributed by atoms with van der Waals surface area (Å²) in [4.78, 5) is 42.7. The molecule has 0 bridgehead atoms. The van der Waals surface area contributed by atoms with Gasteiger partial charge in [-0.05, 0) is 12.1 Å². The zero-order valence-corrected chi connectivity index (χ0v) is 18.3. The van der Waals surface area contributed by atoms with Crippen molar-refractivity contribution >= 4 is 63.8 Å². The van der Waals surface area contributed by atoms with E-state index in [2.05, 4.69) is 15.3 Å². The molecule has 1 aliphatic rings. The van der Waals surface area contributed by atoms with Gasteiger partial charge in [0.05, 0.1) is 15.6 Å². The van der Waals surface area contributed by atoms with Crippen molar-refractivity contribution in [3.63, 3.8) is 0 Å². The number of nitrogens with zero attached hydrogens (tertiary/aromatic N) is 2. The van der Waals surface area contributed by atoms with Gasteiger partial charge in [0.2, 0.25) is 11.8 Å². The number of rotatable bonds is 7. The Kier molecular flexibility index (Phi) is 7.39. The monoisotopic (exact) mass is 481 g/mol. The summed E-state index contributed by atoms with van der Waals surface area (Å²) in [5.74, 6) is -2.06. The van der Waals surface area contributed by atoms with Crippen LogP contribution in [0, 0.1) is 0 Å². The van der Waals surface area contributed by atoms with Gasteiger partial charge in [-0.2, -0.15) is 0 Å². The number of aliphatic hydroxyl groups excluding tert-OH is 1. The molecule has 0 unspecified atom stereocenters. The van der Waals surface area contributed by atoms with Gasteiger partial charge in [0.15, 0.2) is 0 Å². The molecule has 2 aromatic rings. The molecule has 6 N–H and O–H groups in total. The average molecular weight is 482 g/mol. The molecule has 0 atom stereocenters. The van der Waals surface area contributed by atoms with E-state index in [4.69, 9.17) is 34.0 Å². The van der Waals surface area contributed by atoms with Crippen molar-refractivity contribution in [2.75, 3.05) is 26.2 Å². The summed E-state index contributed by atoms with van der Waals surface area (Å²) in [6.07, 6.45) is 3.38. The second-order valence-corrected chi connectivity index (χ2v) is 7.84. The van der Waals surface area contributed by atoms with Crippen molar-refractivity contribution in [3.05, 3.63) is 39.0 Å². The van der Waals surface area contributed by atoms with Crippen LogP contribution in [0.25, 0.3) is 16.6 Å². The fraction of sp³-hybridized carbons (Fsp3) is 0.300. The number of carbonyl (C=O) groups excluding carboxylic acids is 2. The first kappa shape index (κ1) is 23.6. The summed E-state index contributed by atoms with van der Waals surface area (Å²) in [6.45, 7) is -0.573. The number of aliphatic imine (C=N–C) groups is 1. The maximum atomic E-state index is 12.0. The number of hydrogen-bond donors (Lipinski definition) is 5. The number of allylic oxidation sites excluding steroid dienone is 1. The number of aromatic nitrogens is 1. The molecule has 0 saturated carbocycles. The van der Waals surface area contributed by atoms with E-state index in [1.54, 1.807) is 11.0 Å². The van der Waals surface area contributed by atoms with Crippen molar-refractivity contribution < 1.29 is 24.6 Å². The summed E-state index contributed by atoms with van der Waals surface area (Å²) < 4.78 is 0. The Morgan fingerprint density at radius 1 is 1.34 bits per heavy atom. The Bertz CT molecular complexity index is 1140. The minimum Gasteiger partial charge on any atom is -0.480 e. The molecule has 1 aliphatic heterocycles. The van der Waals surface area contributed by atoms with E-state index in [9.17, 15) is 19.5 Å². The van der Waals surface area contributed by atoms with Gasteiger partial charge in [-0.1, -0.05) is 23.2 Å². The highest BCUT2D eigenvalue weighted by atomic mass is 35.5. The molecule has 170 valence electrons. The second kappa shape index (κ2) is 10.0. The highest BCUT2D eigenvalue weighted by molar-refractivity contribution is 6.45. The molecular formula is C20H21Cl2N5O5. The number of fused-ring (bicyclic) bond motifs is 3. The number of amides is 2. The van der Waals surface area contributed by atoms with Gasteiger partial charge in [0, 0.05) is 53.6 Å². The molecule has 12 heteroatoms. The number of halogens is 2. The molecule has 32 heavy (non-hydrogen) atoms. The maximum Gasteiger partial charge on any atom is 0.322 e. The molecular weight excluding hydrogens is 461 g/mol. The summed E-state index contributed by atoms with van der Waals surface area (Å²) >= 11 is 12.7. The number of benzene rings is 1. The van der Waals surface area contributed by atoms with E-state index < -0.39 is 25.0 Å². The minimum atomic E-state index is -1.15. The van der Waals surface area contributed by atoms with Gasteiger partial charge >= 0.3 is 5.97 Å². The highest BCUT2D eigenvalue weighted by Gasteiger charge is 2.26. The van der Waals surface area contributed by atoms with Crippen LogP contribution in [0.15, 0.2) is 17.1 Å². The van der Waals surface area contributed by atoms with Crippen molar-refractivity contribution in [2.45, 2.75) is 13.0 Å². The zero-order valence-electron chi connectivity index (χ0n) is 16.8. The summed E-state index contributed by atoms with van der Waals surface area (Å²) in [7, 11) is 0. The number of nitrogens with two attached hydrogens (primary N) is 1. The predicted molar refractivity (Wildman–Crippen MR) is 121 cm³/mol. The summed E-state index contributed by atoms with van der Waals surface area (Å²) in [5, 5.41) is 21.3. The Morgan fingerprint density at radius 2 is 2.09 bits per heavy atom. The van der Waals surface area contributed by atoms with Gasteiger partial charge < -0.3 is 31.1 Å². The SMILES string of the molecule is N/C(=C\C=NCC(=O)NCC(=O)O)c1cc(Cl)c(Cl)c2[nH]c3c(c12)CN(C(=O)CO)CC3. The quantitative estimate of drug-likeness (QED) is 0.369. The fourth-order valence-corrected chi connectivity index (χ4v) is 3.87. The lowest BCUT2D eigenvalue weighted by atomic mass is 9.99. The number of aromatic amines is 1. The Morgan fingerprint density at radius 3 is 2.78 bits per heavy atom. The van der Waals surface area contributed by atoms with Crippen LogP contribution in [0.5, 0.6) is 0 Å². The van der Waals surface area contributed by atoms with Crippen LogP contribution in [0.3, 0.4) is 0 Å². The number of hydrogen-bond acceptors (Lipinski definition) is 6. The third-order valence-corrected chi connectivity index (χ3v) is 5.76. The van der Waals surface area contributed by atoms with E-state index in [1.165, 1.54) is 12.3 Å². The lowest BCUT2D eigenvalue weighted by Gasteiger charge is -2.27. The van der Waals surface area contributed by atoms with E-state index in [-0.39, 0.29) is 24.0 Å². The zero-order chi connectivity index (χ0) is 23.4. The van der Waals surface area contributed by atoms with Crippen LogP contribution < -0.4 is 11.1 Å². The largest absolute Gasteiger partial charge is 0.480 e. The molecule has 10 nitrogen and oxygen atoms in total. The molecule has 3 rings (SSSR count). The first-order valence-corrected chi connectivity index (χ1v) is 10.3.